The summed E-state index contributed by atoms with van der Waals surface area (Å²) in [4.78, 5) is 2.10. The summed E-state index contributed by atoms with van der Waals surface area (Å²) >= 11 is 7.58. The molecule has 1 nitrogen and oxygen atoms in total. The van der Waals surface area contributed by atoms with Crippen LogP contribution < -0.4 is 4.90 Å². The number of hydrogen-bond donors (Lipinski definition) is 0. The summed E-state index contributed by atoms with van der Waals surface area (Å²) in [6.45, 7) is 0. The van der Waals surface area contributed by atoms with Crippen LogP contribution >= 0.6 is 22.9 Å². The molecular formula is C10H10ClNS. The van der Waals surface area contributed by atoms with Crippen molar-refractivity contribution in [3.8, 4) is 0 Å². The van der Waals surface area contributed by atoms with Gasteiger partial charge in [0.05, 0.1) is 4.34 Å². The number of halogens is 1. The van der Waals surface area contributed by atoms with Gasteiger partial charge < -0.3 is 4.90 Å². The van der Waals surface area contributed by atoms with Crippen LogP contribution in [0.4, 0.5) is 5.69 Å². The molecule has 2 aromatic rings. The lowest BCUT2D eigenvalue weighted by Gasteiger charge is -2.12. The number of hydrogen-bond acceptors (Lipinski definition) is 2. The van der Waals surface area contributed by atoms with Gasteiger partial charge in [0.2, 0.25) is 0 Å². The van der Waals surface area contributed by atoms with Crippen LogP contribution in [-0.2, 0) is 0 Å². The van der Waals surface area contributed by atoms with Gasteiger partial charge in [0.1, 0.15) is 0 Å². The molecule has 2 rings (SSSR count). The summed E-state index contributed by atoms with van der Waals surface area (Å²) in [6.07, 6.45) is 0. The monoisotopic (exact) mass is 211 g/mol. The van der Waals surface area contributed by atoms with Crippen molar-refractivity contribution in [3.05, 3.63) is 28.6 Å². The Morgan fingerprint density at radius 2 is 2.08 bits per heavy atom. The van der Waals surface area contributed by atoms with E-state index in [1.807, 2.05) is 20.2 Å². The predicted molar refractivity (Wildman–Crippen MR) is 61.2 cm³/mol. The number of benzene rings is 1. The van der Waals surface area contributed by atoms with Gasteiger partial charge in [0.15, 0.2) is 0 Å². The van der Waals surface area contributed by atoms with Crippen LogP contribution in [0.1, 0.15) is 0 Å². The molecule has 0 radical (unpaired) electrons. The molecule has 0 aliphatic rings. The average molecular weight is 212 g/mol. The maximum Gasteiger partial charge on any atom is 0.0941 e. The number of nitrogens with zero attached hydrogens (tertiary/aromatic N) is 1. The first-order valence-corrected chi connectivity index (χ1v) is 5.23. The van der Waals surface area contributed by atoms with E-state index in [2.05, 4.69) is 23.1 Å². The molecule has 0 amide bonds. The second-order valence-corrected chi connectivity index (χ2v) is 4.85. The summed E-state index contributed by atoms with van der Waals surface area (Å²) in [5.74, 6) is 0. The fourth-order valence-corrected chi connectivity index (χ4v) is 2.57. The van der Waals surface area contributed by atoms with E-state index in [-0.39, 0.29) is 0 Å². The van der Waals surface area contributed by atoms with Gasteiger partial charge in [-0.25, -0.2) is 0 Å². The van der Waals surface area contributed by atoms with Gasteiger partial charge in [-0.05, 0) is 18.2 Å². The van der Waals surface area contributed by atoms with E-state index in [1.54, 1.807) is 11.3 Å². The lowest BCUT2D eigenvalue weighted by molar-refractivity contribution is 1.14. The average Bonchev–Trinajstić information content (AvgIpc) is 2.43. The Labute approximate surface area is 86.5 Å². The molecule has 0 saturated carbocycles. The van der Waals surface area contributed by atoms with Gasteiger partial charge in [-0.15, -0.1) is 11.3 Å². The van der Waals surface area contributed by atoms with Gasteiger partial charge in [0.25, 0.3) is 0 Å². The van der Waals surface area contributed by atoms with Gasteiger partial charge in [-0.2, -0.15) is 0 Å². The van der Waals surface area contributed by atoms with E-state index >= 15 is 0 Å². The second kappa shape index (κ2) is 3.20. The zero-order valence-corrected chi connectivity index (χ0v) is 9.12. The molecule has 0 atom stereocenters. The van der Waals surface area contributed by atoms with E-state index in [1.165, 1.54) is 15.8 Å². The molecular weight excluding hydrogens is 202 g/mol. The second-order valence-electron chi connectivity index (χ2n) is 3.13. The number of rotatable bonds is 1. The molecule has 0 fully saturated rings. The maximum absolute atomic E-state index is 5.96. The van der Waals surface area contributed by atoms with Crippen molar-refractivity contribution in [3.63, 3.8) is 0 Å². The van der Waals surface area contributed by atoms with Crippen molar-refractivity contribution in [2.45, 2.75) is 0 Å². The molecule has 3 heteroatoms. The minimum absolute atomic E-state index is 0.851. The molecule has 1 aromatic heterocycles. The van der Waals surface area contributed by atoms with Gasteiger partial charge in [-0.3, -0.25) is 0 Å². The Morgan fingerprint density at radius 1 is 1.31 bits per heavy atom. The molecule has 68 valence electrons. The third-order valence-electron chi connectivity index (χ3n) is 1.99. The Kier molecular flexibility index (Phi) is 2.18. The fourth-order valence-electron chi connectivity index (χ4n) is 1.40. The zero-order chi connectivity index (χ0) is 9.42. The van der Waals surface area contributed by atoms with Crippen molar-refractivity contribution < 1.29 is 0 Å². The molecule has 13 heavy (non-hydrogen) atoms. The highest BCUT2D eigenvalue weighted by Gasteiger charge is 2.05. The third-order valence-corrected chi connectivity index (χ3v) is 3.22. The van der Waals surface area contributed by atoms with Crippen LogP contribution in [0.3, 0.4) is 0 Å². The summed E-state index contributed by atoms with van der Waals surface area (Å²) in [5.41, 5.74) is 1.22. The van der Waals surface area contributed by atoms with Crippen molar-refractivity contribution in [2.24, 2.45) is 0 Å². The molecule has 0 N–H and O–H groups in total. The molecule has 0 saturated heterocycles. The largest absolute Gasteiger partial charge is 0.377 e. The Bertz CT molecular complexity index is 433. The molecule has 1 heterocycles. The number of fused-ring (bicyclic) bond motifs is 1. The lowest BCUT2D eigenvalue weighted by Crippen LogP contribution is -2.08. The van der Waals surface area contributed by atoms with Crippen LogP contribution in [0.15, 0.2) is 24.3 Å². The first-order chi connectivity index (χ1) is 6.18. The first kappa shape index (κ1) is 8.85. The number of anilines is 1. The fraction of sp³-hybridized carbons (Fsp3) is 0.200. The van der Waals surface area contributed by atoms with E-state index in [9.17, 15) is 0 Å². The van der Waals surface area contributed by atoms with Crippen LogP contribution in [0.5, 0.6) is 0 Å². The van der Waals surface area contributed by atoms with Crippen LogP contribution in [0, 0.1) is 0 Å². The maximum atomic E-state index is 5.96. The molecule has 0 aliphatic heterocycles. The van der Waals surface area contributed by atoms with Crippen molar-refractivity contribution in [1.29, 1.82) is 0 Å². The van der Waals surface area contributed by atoms with E-state index in [0.717, 1.165) is 4.34 Å². The van der Waals surface area contributed by atoms with E-state index in [0.29, 0.717) is 0 Å². The molecule has 0 aliphatic carbocycles. The minimum atomic E-state index is 0.851. The van der Waals surface area contributed by atoms with Crippen molar-refractivity contribution in [2.75, 3.05) is 19.0 Å². The van der Waals surface area contributed by atoms with Crippen LogP contribution in [0.2, 0.25) is 4.34 Å². The minimum Gasteiger partial charge on any atom is -0.377 e. The summed E-state index contributed by atoms with van der Waals surface area (Å²) in [6, 6.07) is 8.28. The normalized spacial score (nSPS) is 10.7. The third kappa shape index (κ3) is 1.52. The molecule has 0 bridgehead atoms. The topological polar surface area (TPSA) is 3.24 Å². The molecule has 0 unspecified atom stereocenters. The summed E-state index contributed by atoms with van der Waals surface area (Å²) in [7, 11) is 4.08. The van der Waals surface area contributed by atoms with E-state index in [4.69, 9.17) is 11.6 Å². The highest BCUT2D eigenvalue weighted by atomic mass is 35.5. The Hall–Kier alpha value is -0.730. The standard InChI is InChI=1S/C10H10ClNS/c1-12(2)8-4-3-5-9-7(8)6-10(11)13-9/h3-6H,1-2H3. The lowest BCUT2D eigenvalue weighted by atomic mass is 10.2. The van der Waals surface area contributed by atoms with Crippen molar-refractivity contribution in [1.82, 2.24) is 0 Å². The Balaban J connectivity index is 2.75. The molecule has 1 aromatic carbocycles. The highest BCUT2D eigenvalue weighted by Crippen LogP contribution is 2.34. The smallest absolute Gasteiger partial charge is 0.0941 e. The van der Waals surface area contributed by atoms with Gasteiger partial charge in [0, 0.05) is 29.9 Å². The van der Waals surface area contributed by atoms with Gasteiger partial charge in [-0.1, -0.05) is 17.7 Å². The van der Waals surface area contributed by atoms with Crippen LogP contribution in [0.25, 0.3) is 10.1 Å². The SMILES string of the molecule is CN(C)c1cccc2sc(Cl)cc12. The quantitative estimate of drug-likeness (QED) is 0.697. The van der Waals surface area contributed by atoms with E-state index < -0.39 is 0 Å². The zero-order valence-electron chi connectivity index (χ0n) is 7.54. The summed E-state index contributed by atoms with van der Waals surface area (Å²) < 4.78 is 2.10. The highest BCUT2D eigenvalue weighted by molar-refractivity contribution is 7.22. The molecule has 0 spiro atoms. The van der Waals surface area contributed by atoms with Crippen molar-refractivity contribution >= 4 is 38.7 Å². The Morgan fingerprint density at radius 3 is 2.77 bits per heavy atom. The first-order valence-electron chi connectivity index (χ1n) is 4.04. The summed E-state index contributed by atoms with van der Waals surface area (Å²) in [5, 5.41) is 1.24. The number of thiophene rings is 1. The predicted octanol–water partition coefficient (Wildman–Crippen LogP) is 3.62. The van der Waals surface area contributed by atoms with Crippen LogP contribution in [-0.4, -0.2) is 14.1 Å². The van der Waals surface area contributed by atoms with Gasteiger partial charge >= 0.3 is 0 Å².